The summed E-state index contributed by atoms with van der Waals surface area (Å²) in [5, 5.41) is 10.8. The Labute approximate surface area is 97.3 Å². The Balaban J connectivity index is 3.09. The normalized spacial score (nSPS) is 9.76. The van der Waals surface area contributed by atoms with Crippen molar-refractivity contribution in [2.24, 2.45) is 0 Å². The average Bonchev–Trinajstić information content (AvgIpc) is 2.28. The van der Waals surface area contributed by atoms with E-state index in [-0.39, 0.29) is 11.3 Å². The number of hydrogen-bond donors (Lipinski definition) is 0. The maximum atomic E-state index is 11.6. The van der Waals surface area contributed by atoms with E-state index in [1.165, 1.54) is 12.1 Å². The molecule has 6 heteroatoms. The maximum absolute atomic E-state index is 11.6. The molecular formula is C11H11NO5. The molecule has 6 nitrogen and oxygen atoms in total. The number of hydrogen-bond acceptors (Lipinski definition) is 5. The number of carbonyl (C=O) groups is 2. The van der Waals surface area contributed by atoms with Gasteiger partial charge in [0.1, 0.15) is 6.42 Å². The van der Waals surface area contributed by atoms with E-state index in [2.05, 4.69) is 4.74 Å². The minimum atomic E-state index is -0.718. The van der Waals surface area contributed by atoms with Crippen LogP contribution in [0.1, 0.15) is 22.3 Å². The first-order valence-corrected chi connectivity index (χ1v) is 4.80. The minimum Gasteiger partial charge on any atom is -0.469 e. The van der Waals surface area contributed by atoms with Crippen LogP contribution in [-0.2, 0) is 9.53 Å². The van der Waals surface area contributed by atoms with Crippen LogP contribution in [0.3, 0.4) is 0 Å². The standard InChI is InChI=1S/C11H11NO5/c1-7-3-4-8(9(5-7)12(15)16)10(13)6-11(14)17-2/h3-5H,6H2,1-2H3. The molecule has 0 fully saturated rings. The highest BCUT2D eigenvalue weighted by Crippen LogP contribution is 2.21. The number of benzene rings is 1. The Morgan fingerprint density at radius 2 is 2.06 bits per heavy atom. The molecule has 0 atom stereocenters. The first kappa shape index (κ1) is 12.8. The number of Topliss-reactive ketones (excluding diaryl/α,β-unsaturated/α-hetero) is 1. The van der Waals surface area contributed by atoms with Crippen LogP contribution in [0.25, 0.3) is 0 Å². The van der Waals surface area contributed by atoms with Crippen LogP contribution in [0.2, 0.25) is 0 Å². The number of ether oxygens (including phenoxy) is 1. The van der Waals surface area contributed by atoms with Crippen molar-refractivity contribution in [1.29, 1.82) is 0 Å². The minimum absolute atomic E-state index is 0.0778. The molecule has 1 rings (SSSR count). The SMILES string of the molecule is COC(=O)CC(=O)c1ccc(C)cc1[N+](=O)[O-]. The number of nitro benzene ring substituents is 1. The summed E-state index contributed by atoms with van der Waals surface area (Å²) in [5.74, 6) is -1.34. The molecule has 0 bridgehead atoms. The van der Waals surface area contributed by atoms with Gasteiger partial charge in [0.2, 0.25) is 0 Å². The van der Waals surface area contributed by atoms with Gasteiger partial charge < -0.3 is 4.74 Å². The fourth-order valence-electron chi connectivity index (χ4n) is 1.33. The van der Waals surface area contributed by atoms with E-state index in [0.29, 0.717) is 5.56 Å². The second-order valence-electron chi connectivity index (χ2n) is 3.45. The van der Waals surface area contributed by atoms with E-state index in [9.17, 15) is 19.7 Å². The lowest BCUT2D eigenvalue weighted by Crippen LogP contribution is -2.11. The lowest BCUT2D eigenvalue weighted by atomic mass is 10.0. The lowest BCUT2D eigenvalue weighted by Gasteiger charge is -2.02. The topological polar surface area (TPSA) is 86.5 Å². The molecule has 0 saturated heterocycles. The monoisotopic (exact) mass is 237 g/mol. The molecule has 0 radical (unpaired) electrons. The number of aryl methyl sites for hydroxylation is 1. The molecule has 1 aromatic rings. The molecule has 0 aliphatic carbocycles. The van der Waals surface area contributed by atoms with Crippen LogP contribution in [0.4, 0.5) is 5.69 Å². The van der Waals surface area contributed by atoms with Gasteiger partial charge in [-0.3, -0.25) is 19.7 Å². The van der Waals surface area contributed by atoms with Crippen molar-refractivity contribution in [1.82, 2.24) is 0 Å². The fourth-order valence-corrected chi connectivity index (χ4v) is 1.33. The third-order valence-electron chi connectivity index (χ3n) is 2.18. The van der Waals surface area contributed by atoms with Crippen LogP contribution in [0, 0.1) is 17.0 Å². The highest BCUT2D eigenvalue weighted by Gasteiger charge is 2.22. The van der Waals surface area contributed by atoms with E-state index in [1.807, 2.05) is 0 Å². The lowest BCUT2D eigenvalue weighted by molar-refractivity contribution is -0.385. The summed E-state index contributed by atoms with van der Waals surface area (Å²) in [6.07, 6.45) is -0.500. The van der Waals surface area contributed by atoms with Crippen molar-refractivity contribution in [3.8, 4) is 0 Å². The molecule has 17 heavy (non-hydrogen) atoms. The van der Waals surface area contributed by atoms with Gasteiger partial charge in [-0.2, -0.15) is 0 Å². The van der Waals surface area contributed by atoms with Gasteiger partial charge in [-0.15, -0.1) is 0 Å². The summed E-state index contributed by atoms with van der Waals surface area (Å²) in [4.78, 5) is 32.7. The Morgan fingerprint density at radius 3 is 2.59 bits per heavy atom. The Hall–Kier alpha value is -2.24. The number of ketones is 1. The first-order valence-electron chi connectivity index (χ1n) is 4.80. The molecular weight excluding hydrogens is 226 g/mol. The molecule has 0 heterocycles. The fraction of sp³-hybridized carbons (Fsp3) is 0.273. The van der Waals surface area contributed by atoms with Crippen molar-refractivity contribution >= 4 is 17.4 Å². The predicted octanol–water partition coefficient (Wildman–Crippen LogP) is 1.65. The van der Waals surface area contributed by atoms with Crippen LogP contribution in [0.5, 0.6) is 0 Å². The van der Waals surface area contributed by atoms with Gasteiger partial charge in [-0.1, -0.05) is 6.07 Å². The summed E-state index contributed by atoms with van der Waals surface area (Å²) in [6.45, 7) is 1.68. The Kier molecular flexibility index (Phi) is 3.92. The van der Waals surface area contributed by atoms with E-state index >= 15 is 0 Å². The third-order valence-corrected chi connectivity index (χ3v) is 2.18. The van der Waals surface area contributed by atoms with E-state index in [0.717, 1.165) is 7.11 Å². The summed E-state index contributed by atoms with van der Waals surface area (Å²) >= 11 is 0. The van der Waals surface area contributed by atoms with Crippen LogP contribution >= 0.6 is 0 Å². The second-order valence-corrected chi connectivity index (χ2v) is 3.45. The number of esters is 1. The molecule has 0 amide bonds. The van der Waals surface area contributed by atoms with E-state index in [4.69, 9.17) is 0 Å². The van der Waals surface area contributed by atoms with Crippen LogP contribution in [0.15, 0.2) is 18.2 Å². The maximum Gasteiger partial charge on any atom is 0.313 e. The van der Waals surface area contributed by atoms with E-state index in [1.54, 1.807) is 13.0 Å². The molecule has 90 valence electrons. The van der Waals surface area contributed by atoms with Gasteiger partial charge in [0.05, 0.1) is 17.6 Å². The highest BCUT2D eigenvalue weighted by molar-refractivity contribution is 6.08. The first-order chi connectivity index (χ1) is 7.95. The van der Waals surface area contributed by atoms with Crippen molar-refractivity contribution < 1.29 is 19.2 Å². The molecule has 1 aromatic carbocycles. The summed E-state index contributed by atoms with van der Waals surface area (Å²) in [5.41, 5.74) is 0.302. The molecule has 0 spiro atoms. The van der Waals surface area contributed by atoms with Gasteiger partial charge >= 0.3 is 5.97 Å². The molecule has 0 aliphatic heterocycles. The Bertz CT molecular complexity index is 481. The van der Waals surface area contributed by atoms with Crippen molar-refractivity contribution in [3.05, 3.63) is 39.4 Å². The molecule has 0 aliphatic rings. The van der Waals surface area contributed by atoms with Crippen LogP contribution < -0.4 is 0 Å². The van der Waals surface area contributed by atoms with Gasteiger partial charge in [0.25, 0.3) is 5.69 Å². The highest BCUT2D eigenvalue weighted by atomic mass is 16.6. The average molecular weight is 237 g/mol. The van der Waals surface area contributed by atoms with Gasteiger partial charge in [0.15, 0.2) is 5.78 Å². The summed E-state index contributed by atoms with van der Waals surface area (Å²) in [6, 6.07) is 4.22. The van der Waals surface area contributed by atoms with Crippen molar-refractivity contribution in [2.75, 3.05) is 7.11 Å². The largest absolute Gasteiger partial charge is 0.469 e. The van der Waals surface area contributed by atoms with Crippen molar-refractivity contribution in [2.45, 2.75) is 13.3 Å². The number of nitrogens with zero attached hydrogens (tertiary/aromatic N) is 1. The zero-order chi connectivity index (χ0) is 13.0. The quantitative estimate of drug-likeness (QED) is 0.261. The third kappa shape index (κ3) is 3.10. The number of rotatable bonds is 4. The van der Waals surface area contributed by atoms with Gasteiger partial charge in [-0.25, -0.2) is 0 Å². The van der Waals surface area contributed by atoms with E-state index < -0.39 is 23.1 Å². The molecule has 0 unspecified atom stereocenters. The summed E-state index contributed by atoms with van der Waals surface area (Å²) < 4.78 is 4.34. The number of nitro groups is 1. The van der Waals surface area contributed by atoms with Crippen LogP contribution in [-0.4, -0.2) is 23.8 Å². The Morgan fingerprint density at radius 1 is 1.41 bits per heavy atom. The molecule has 0 aromatic heterocycles. The molecule has 0 saturated carbocycles. The molecule has 0 N–H and O–H groups in total. The number of methoxy groups -OCH3 is 1. The zero-order valence-electron chi connectivity index (χ0n) is 9.43. The predicted molar refractivity (Wildman–Crippen MR) is 58.8 cm³/mol. The second kappa shape index (κ2) is 5.20. The van der Waals surface area contributed by atoms with Gasteiger partial charge in [0, 0.05) is 6.07 Å². The summed E-state index contributed by atoms with van der Waals surface area (Å²) in [7, 11) is 1.15. The number of carbonyl (C=O) groups excluding carboxylic acids is 2. The smallest absolute Gasteiger partial charge is 0.313 e. The zero-order valence-corrected chi connectivity index (χ0v) is 9.43. The van der Waals surface area contributed by atoms with Gasteiger partial charge in [-0.05, 0) is 18.6 Å². The van der Waals surface area contributed by atoms with Crippen molar-refractivity contribution in [3.63, 3.8) is 0 Å².